The Morgan fingerprint density at radius 3 is 2.29 bits per heavy atom. The average molecular weight is 422 g/mol. The second kappa shape index (κ2) is 7.60. The molecule has 9 nitrogen and oxygen atoms in total. The molecule has 0 spiro atoms. The fraction of sp³-hybridized carbons (Fsp3) is 0.0588. The molecule has 2 aromatic carbocycles. The summed E-state index contributed by atoms with van der Waals surface area (Å²) in [6, 6.07) is 11.8. The zero-order valence-electron chi connectivity index (χ0n) is 14.3. The fourth-order valence-corrected chi connectivity index (χ4v) is 3.31. The molecule has 28 heavy (non-hydrogen) atoms. The van der Waals surface area contributed by atoms with Gasteiger partial charge in [-0.1, -0.05) is 35.9 Å². The fourth-order valence-electron chi connectivity index (χ4n) is 2.66. The maximum absolute atomic E-state index is 11.6. The van der Waals surface area contributed by atoms with Gasteiger partial charge in [-0.15, -0.1) is 0 Å². The van der Waals surface area contributed by atoms with Gasteiger partial charge in [-0.25, -0.2) is 18.4 Å². The predicted octanol–water partition coefficient (Wildman–Crippen LogP) is 2.24. The van der Waals surface area contributed by atoms with Gasteiger partial charge in [-0.05, 0) is 35.9 Å². The molecule has 6 N–H and O–H groups in total. The number of aromatic nitrogens is 2. The lowest BCUT2D eigenvalue weighted by molar-refractivity contribution is -0.0656. The van der Waals surface area contributed by atoms with E-state index in [4.69, 9.17) is 22.5 Å². The molecule has 0 saturated carbocycles. The summed E-state index contributed by atoms with van der Waals surface area (Å²) in [4.78, 5) is 11.5. The lowest BCUT2D eigenvalue weighted by Gasteiger charge is -2.23. The normalized spacial score (nSPS) is 12.5. The Kier molecular flexibility index (Phi) is 5.38. The van der Waals surface area contributed by atoms with E-state index >= 15 is 0 Å². The number of hydrogen-bond acceptors (Lipinski definition) is 5. The molecule has 0 aliphatic rings. The van der Waals surface area contributed by atoms with Crippen LogP contribution in [0, 0.1) is 0 Å². The summed E-state index contributed by atoms with van der Waals surface area (Å²) in [5.74, 6) is 0. The van der Waals surface area contributed by atoms with E-state index in [1.54, 1.807) is 30.3 Å². The number of carbonyl (C=O) groups is 1. The van der Waals surface area contributed by atoms with Crippen molar-refractivity contribution in [3.05, 3.63) is 70.9 Å². The van der Waals surface area contributed by atoms with Crippen LogP contribution in [0.5, 0.6) is 0 Å². The summed E-state index contributed by atoms with van der Waals surface area (Å²) >= 11 is 5.88. The van der Waals surface area contributed by atoms with Gasteiger partial charge in [-0.3, -0.25) is 10.3 Å². The number of carbonyl (C=O) groups excluding carboxylic acids is 1. The van der Waals surface area contributed by atoms with Gasteiger partial charge >= 0.3 is 6.03 Å². The number of nitrogens with one attached hydrogen (secondary N) is 1. The average Bonchev–Trinajstić information content (AvgIpc) is 3.11. The Morgan fingerprint density at radius 2 is 1.75 bits per heavy atom. The van der Waals surface area contributed by atoms with Crippen molar-refractivity contribution in [3.8, 4) is 11.3 Å². The molecule has 0 aliphatic heterocycles. The van der Waals surface area contributed by atoms with Gasteiger partial charge in [0.25, 0.3) is 0 Å². The third kappa shape index (κ3) is 4.15. The minimum Gasteiger partial charge on any atom is -0.350 e. The molecule has 1 aromatic heterocycles. The number of primary amides is 1. The van der Waals surface area contributed by atoms with E-state index in [1.807, 2.05) is 0 Å². The number of nitrogens with two attached hydrogens (primary N) is 2. The Balaban J connectivity index is 2.02. The van der Waals surface area contributed by atoms with Crippen molar-refractivity contribution in [3.63, 3.8) is 0 Å². The van der Waals surface area contributed by atoms with Crippen LogP contribution in [0.25, 0.3) is 11.3 Å². The zero-order valence-corrected chi connectivity index (χ0v) is 15.9. The molecular formula is C17H16ClN5O4S. The van der Waals surface area contributed by atoms with Crippen molar-refractivity contribution < 1.29 is 18.4 Å². The molecule has 1 heterocycles. The number of halogens is 1. The van der Waals surface area contributed by atoms with Gasteiger partial charge < -0.3 is 5.73 Å². The van der Waals surface area contributed by atoms with Crippen LogP contribution in [0.15, 0.2) is 59.5 Å². The van der Waals surface area contributed by atoms with Gasteiger partial charge in [0.2, 0.25) is 10.0 Å². The summed E-state index contributed by atoms with van der Waals surface area (Å²) < 4.78 is 22.9. The number of sulfonamides is 1. The van der Waals surface area contributed by atoms with Crippen LogP contribution >= 0.6 is 11.6 Å². The number of hydroxylamine groups is 2. The molecule has 0 saturated heterocycles. The molecule has 3 aromatic rings. The third-order valence-corrected chi connectivity index (χ3v) is 5.21. The predicted molar refractivity (Wildman–Crippen MR) is 102 cm³/mol. The highest BCUT2D eigenvalue weighted by Gasteiger charge is 2.27. The van der Waals surface area contributed by atoms with E-state index in [0.29, 0.717) is 27.0 Å². The number of primary sulfonamides is 1. The Labute approximate surface area is 165 Å². The highest BCUT2D eigenvalue weighted by Crippen LogP contribution is 2.30. The number of hydrogen-bond donors (Lipinski definition) is 4. The molecular weight excluding hydrogens is 406 g/mol. The van der Waals surface area contributed by atoms with Crippen LogP contribution in [0.3, 0.4) is 0 Å². The number of nitrogens with zero attached hydrogens (tertiary/aromatic N) is 2. The molecule has 146 valence electrons. The first-order chi connectivity index (χ1) is 13.2. The maximum Gasteiger partial charge on any atom is 0.339 e. The van der Waals surface area contributed by atoms with Crippen LogP contribution in [-0.4, -0.2) is 34.9 Å². The number of amides is 2. The van der Waals surface area contributed by atoms with Gasteiger partial charge in [0.05, 0.1) is 16.3 Å². The summed E-state index contributed by atoms with van der Waals surface area (Å²) in [6.45, 7) is 0. The molecule has 11 heteroatoms. The van der Waals surface area contributed by atoms with Gasteiger partial charge in [0, 0.05) is 10.6 Å². The molecule has 0 radical (unpaired) electrons. The topological polar surface area (TPSA) is 155 Å². The first kappa shape index (κ1) is 19.8. The zero-order chi connectivity index (χ0) is 20.5. The van der Waals surface area contributed by atoms with E-state index in [-0.39, 0.29) is 4.90 Å². The van der Waals surface area contributed by atoms with Crippen LogP contribution in [0.2, 0.25) is 5.02 Å². The standard InChI is InChI=1S/C17H16ClN5O4S/c18-12-5-1-10(2-6-12)14-9-15(22-21-14)16(23(25)17(19)24)11-3-7-13(8-4-11)28(20,26)27/h1-9,16,25H,(H2,19,24)(H,21,22)(H2,20,26,27). The summed E-state index contributed by atoms with van der Waals surface area (Å²) in [5.41, 5.74) is 7.28. The number of benzene rings is 2. The van der Waals surface area contributed by atoms with Crippen molar-refractivity contribution in [1.82, 2.24) is 15.3 Å². The lowest BCUT2D eigenvalue weighted by atomic mass is 10.0. The summed E-state index contributed by atoms with van der Waals surface area (Å²) in [6.07, 6.45) is 0. The third-order valence-electron chi connectivity index (χ3n) is 4.03. The number of urea groups is 1. The molecule has 1 unspecified atom stereocenters. The van der Waals surface area contributed by atoms with E-state index in [2.05, 4.69) is 10.2 Å². The highest BCUT2D eigenvalue weighted by atomic mass is 35.5. The van der Waals surface area contributed by atoms with E-state index in [0.717, 1.165) is 5.56 Å². The lowest BCUT2D eigenvalue weighted by Crippen LogP contribution is -2.36. The smallest absolute Gasteiger partial charge is 0.339 e. The first-order valence-corrected chi connectivity index (χ1v) is 9.81. The Morgan fingerprint density at radius 1 is 1.14 bits per heavy atom. The molecule has 1 atom stereocenters. The second-order valence-electron chi connectivity index (χ2n) is 5.91. The Bertz CT molecular complexity index is 1100. The molecule has 0 bridgehead atoms. The summed E-state index contributed by atoms with van der Waals surface area (Å²) in [7, 11) is -3.88. The van der Waals surface area contributed by atoms with E-state index in [9.17, 15) is 18.4 Å². The van der Waals surface area contributed by atoms with E-state index in [1.165, 1.54) is 24.3 Å². The monoisotopic (exact) mass is 421 g/mol. The van der Waals surface area contributed by atoms with Crippen molar-refractivity contribution in [2.75, 3.05) is 0 Å². The molecule has 2 amide bonds. The number of H-pyrrole nitrogens is 1. The molecule has 0 fully saturated rings. The number of rotatable bonds is 5. The van der Waals surface area contributed by atoms with Crippen LogP contribution < -0.4 is 10.9 Å². The van der Waals surface area contributed by atoms with Crippen LogP contribution in [-0.2, 0) is 10.0 Å². The highest BCUT2D eigenvalue weighted by molar-refractivity contribution is 7.89. The minimum absolute atomic E-state index is 0.106. The summed E-state index contributed by atoms with van der Waals surface area (Å²) in [5, 5.41) is 23.1. The SMILES string of the molecule is NC(=O)N(O)C(c1ccc(S(N)(=O)=O)cc1)c1cc(-c2ccc(Cl)cc2)n[nH]1. The van der Waals surface area contributed by atoms with Gasteiger partial charge in [0.15, 0.2) is 0 Å². The Hall–Kier alpha value is -2.92. The first-order valence-electron chi connectivity index (χ1n) is 7.88. The van der Waals surface area contributed by atoms with Crippen LogP contribution in [0.4, 0.5) is 4.79 Å². The largest absolute Gasteiger partial charge is 0.350 e. The second-order valence-corrected chi connectivity index (χ2v) is 7.91. The molecule has 3 rings (SSSR count). The van der Waals surface area contributed by atoms with Gasteiger partial charge in [0.1, 0.15) is 6.04 Å². The van der Waals surface area contributed by atoms with E-state index < -0.39 is 22.1 Å². The quantitative estimate of drug-likeness (QED) is 0.367. The maximum atomic E-state index is 11.6. The van der Waals surface area contributed by atoms with Crippen molar-refractivity contribution in [2.24, 2.45) is 10.9 Å². The van der Waals surface area contributed by atoms with Gasteiger partial charge in [-0.2, -0.15) is 10.2 Å². The molecule has 0 aliphatic carbocycles. The van der Waals surface area contributed by atoms with Crippen molar-refractivity contribution in [1.29, 1.82) is 0 Å². The van der Waals surface area contributed by atoms with Crippen molar-refractivity contribution in [2.45, 2.75) is 10.9 Å². The number of aromatic amines is 1. The van der Waals surface area contributed by atoms with Crippen LogP contribution in [0.1, 0.15) is 17.3 Å². The minimum atomic E-state index is -3.88. The van der Waals surface area contributed by atoms with Crippen molar-refractivity contribution >= 4 is 27.7 Å².